The van der Waals surface area contributed by atoms with Crippen LogP contribution in [0.2, 0.25) is 0 Å². The SMILES string of the molecule is CN1C[C@@H]2Cc3ccccc3[C@@](C)(C2)C1.Cl. The second-order valence-electron chi connectivity index (χ2n) is 5.69. The van der Waals surface area contributed by atoms with E-state index in [4.69, 9.17) is 0 Å². The quantitative estimate of drug-likeness (QED) is 0.671. The lowest BCUT2D eigenvalue weighted by Crippen LogP contribution is -2.50. The van der Waals surface area contributed by atoms with Crippen LogP contribution in [0.5, 0.6) is 0 Å². The van der Waals surface area contributed by atoms with Gasteiger partial charge in [-0.15, -0.1) is 12.4 Å². The lowest BCUT2D eigenvalue weighted by atomic mass is 9.65. The molecule has 0 spiro atoms. The van der Waals surface area contributed by atoms with Crippen LogP contribution >= 0.6 is 12.4 Å². The summed E-state index contributed by atoms with van der Waals surface area (Å²) >= 11 is 0. The highest BCUT2D eigenvalue weighted by molar-refractivity contribution is 5.85. The zero-order valence-electron chi connectivity index (χ0n) is 10.1. The van der Waals surface area contributed by atoms with E-state index in [1.54, 1.807) is 11.1 Å². The lowest BCUT2D eigenvalue weighted by Gasteiger charge is -2.48. The molecule has 0 saturated carbocycles. The fraction of sp³-hybridized carbons (Fsp3) is 0.571. The van der Waals surface area contributed by atoms with Crippen molar-refractivity contribution in [3.63, 3.8) is 0 Å². The van der Waals surface area contributed by atoms with Crippen molar-refractivity contribution in [2.45, 2.75) is 25.2 Å². The molecule has 1 aromatic carbocycles. The zero-order valence-corrected chi connectivity index (χ0v) is 10.9. The highest BCUT2D eigenvalue weighted by Crippen LogP contribution is 2.43. The number of rotatable bonds is 0. The zero-order chi connectivity index (χ0) is 10.5. The fourth-order valence-electron chi connectivity index (χ4n) is 3.80. The molecule has 2 bridgehead atoms. The van der Waals surface area contributed by atoms with Gasteiger partial charge in [-0.25, -0.2) is 0 Å². The molecule has 16 heavy (non-hydrogen) atoms. The highest BCUT2D eigenvalue weighted by atomic mass is 35.5. The van der Waals surface area contributed by atoms with Crippen LogP contribution in [0.25, 0.3) is 0 Å². The first-order chi connectivity index (χ1) is 7.17. The number of fused-ring (bicyclic) bond motifs is 4. The molecule has 0 N–H and O–H groups in total. The summed E-state index contributed by atoms with van der Waals surface area (Å²) in [5.41, 5.74) is 3.61. The van der Waals surface area contributed by atoms with Crippen molar-refractivity contribution in [1.82, 2.24) is 4.90 Å². The molecular formula is C14H20ClN. The Hall–Kier alpha value is -0.530. The monoisotopic (exact) mass is 237 g/mol. The van der Waals surface area contributed by atoms with Crippen LogP contribution < -0.4 is 0 Å². The minimum Gasteiger partial charge on any atom is -0.305 e. The molecule has 88 valence electrons. The smallest absolute Gasteiger partial charge is 0.00732 e. The fourth-order valence-corrected chi connectivity index (χ4v) is 3.80. The minimum absolute atomic E-state index is 0. The Bertz CT molecular complexity index is 390. The van der Waals surface area contributed by atoms with Crippen LogP contribution in [0.3, 0.4) is 0 Å². The van der Waals surface area contributed by atoms with Gasteiger partial charge in [0.25, 0.3) is 0 Å². The van der Waals surface area contributed by atoms with Gasteiger partial charge < -0.3 is 4.90 Å². The molecule has 1 saturated heterocycles. The molecule has 1 aliphatic carbocycles. The van der Waals surface area contributed by atoms with Gasteiger partial charge in [0.15, 0.2) is 0 Å². The van der Waals surface area contributed by atoms with Gasteiger partial charge in [0.1, 0.15) is 0 Å². The molecule has 2 aliphatic rings. The van der Waals surface area contributed by atoms with Gasteiger partial charge in [-0.2, -0.15) is 0 Å². The topological polar surface area (TPSA) is 3.24 Å². The third kappa shape index (κ3) is 1.76. The van der Waals surface area contributed by atoms with E-state index in [0.717, 1.165) is 5.92 Å². The van der Waals surface area contributed by atoms with Gasteiger partial charge in [0.2, 0.25) is 0 Å². The summed E-state index contributed by atoms with van der Waals surface area (Å²) in [6.45, 7) is 4.94. The normalized spacial score (nSPS) is 32.8. The average molecular weight is 238 g/mol. The van der Waals surface area contributed by atoms with E-state index < -0.39 is 0 Å². The molecule has 1 fully saturated rings. The summed E-state index contributed by atoms with van der Waals surface area (Å²) in [6, 6.07) is 9.04. The maximum absolute atomic E-state index is 2.50. The van der Waals surface area contributed by atoms with Crippen LogP contribution in [0.4, 0.5) is 0 Å². The van der Waals surface area contributed by atoms with Crippen molar-refractivity contribution >= 4 is 12.4 Å². The molecule has 1 aromatic rings. The van der Waals surface area contributed by atoms with Gasteiger partial charge in [-0.1, -0.05) is 31.2 Å². The van der Waals surface area contributed by atoms with E-state index in [1.807, 2.05) is 0 Å². The van der Waals surface area contributed by atoms with Crippen molar-refractivity contribution in [3.05, 3.63) is 35.4 Å². The first-order valence-corrected chi connectivity index (χ1v) is 5.94. The number of hydrogen-bond donors (Lipinski definition) is 0. The van der Waals surface area contributed by atoms with E-state index in [9.17, 15) is 0 Å². The van der Waals surface area contributed by atoms with Crippen molar-refractivity contribution < 1.29 is 0 Å². The van der Waals surface area contributed by atoms with Gasteiger partial charge in [0, 0.05) is 18.5 Å². The second-order valence-corrected chi connectivity index (χ2v) is 5.69. The van der Waals surface area contributed by atoms with Crippen molar-refractivity contribution in [1.29, 1.82) is 0 Å². The molecule has 1 nitrogen and oxygen atoms in total. The van der Waals surface area contributed by atoms with Gasteiger partial charge in [-0.3, -0.25) is 0 Å². The Labute approximate surface area is 104 Å². The molecular weight excluding hydrogens is 218 g/mol. The summed E-state index contributed by atoms with van der Waals surface area (Å²) in [5, 5.41) is 0. The first kappa shape index (κ1) is 11.9. The summed E-state index contributed by atoms with van der Waals surface area (Å²) in [5.74, 6) is 0.878. The van der Waals surface area contributed by atoms with E-state index >= 15 is 0 Å². The Morgan fingerprint density at radius 3 is 2.88 bits per heavy atom. The van der Waals surface area contributed by atoms with E-state index in [2.05, 4.69) is 43.1 Å². The van der Waals surface area contributed by atoms with Crippen LogP contribution in [0.15, 0.2) is 24.3 Å². The number of nitrogens with zero attached hydrogens (tertiary/aromatic N) is 1. The van der Waals surface area contributed by atoms with Crippen molar-refractivity contribution in [2.24, 2.45) is 5.92 Å². The number of hydrogen-bond acceptors (Lipinski definition) is 1. The van der Waals surface area contributed by atoms with Gasteiger partial charge in [-0.05, 0) is 36.9 Å². The number of likely N-dealkylation sites (N-methyl/N-ethyl adjacent to an activating group) is 1. The lowest BCUT2D eigenvalue weighted by molar-refractivity contribution is 0.120. The van der Waals surface area contributed by atoms with Crippen LogP contribution in [-0.2, 0) is 11.8 Å². The summed E-state index contributed by atoms with van der Waals surface area (Å²) < 4.78 is 0. The number of benzene rings is 1. The highest BCUT2D eigenvalue weighted by Gasteiger charge is 2.40. The second kappa shape index (κ2) is 4.05. The summed E-state index contributed by atoms with van der Waals surface area (Å²) in [6.07, 6.45) is 2.67. The van der Waals surface area contributed by atoms with E-state index in [0.29, 0.717) is 5.41 Å². The molecule has 0 unspecified atom stereocenters. The van der Waals surface area contributed by atoms with Crippen molar-refractivity contribution in [2.75, 3.05) is 20.1 Å². The predicted octanol–water partition coefficient (Wildman–Crippen LogP) is 2.87. The van der Waals surface area contributed by atoms with Gasteiger partial charge >= 0.3 is 0 Å². The first-order valence-electron chi connectivity index (χ1n) is 5.94. The molecule has 1 heterocycles. The predicted molar refractivity (Wildman–Crippen MR) is 70.4 cm³/mol. The largest absolute Gasteiger partial charge is 0.305 e. The van der Waals surface area contributed by atoms with Crippen molar-refractivity contribution in [3.8, 4) is 0 Å². The third-order valence-corrected chi connectivity index (χ3v) is 4.10. The molecule has 0 aromatic heterocycles. The summed E-state index contributed by atoms with van der Waals surface area (Å²) in [7, 11) is 2.26. The molecule has 1 aliphatic heterocycles. The standard InChI is InChI=1S/C14H19N.ClH/c1-14-8-11(9-15(2)10-14)7-12-5-3-4-6-13(12)14;/h3-6,11H,7-10H2,1-2H3;1H/t11-,14+;/m1./s1. The minimum atomic E-state index is 0. The molecule has 0 amide bonds. The third-order valence-electron chi connectivity index (χ3n) is 4.10. The Kier molecular flexibility index (Phi) is 3.02. The van der Waals surface area contributed by atoms with Gasteiger partial charge in [0.05, 0.1) is 0 Å². The average Bonchev–Trinajstić information content (AvgIpc) is 2.15. The molecule has 0 radical (unpaired) electrons. The van der Waals surface area contributed by atoms with E-state index in [-0.39, 0.29) is 12.4 Å². The number of likely N-dealkylation sites (tertiary alicyclic amines) is 1. The number of piperidine rings is 1. The maximum atomic E-state index is 2.50. The Balaban J connectivity index is 0.000000963. The maximum Gasteiger partial charge on any atom is 0.00732 e. The molecule has 2 atom stereocenters. The molecule has 2 heteroatoms. The van der Waals surface area contributed by atoms with Crippen LogP contribution in [0, 0.1) is 5.92 Å². The summed E-state index contributed by atoms with van der Waals surface area (Å²) in [4.78, 5) is 2.50. The number of halogens is 1. The van der Waals surface area contributed by atoms with Crippen LogP contribution in [-0.4, -0.2) is 25.0 Å². The van der Waals surface area contributed by atoms with Crippen LogP contribution in [0.1, 0.15) is 24.5 Å². The molecule has 3 rings (SSSR count). The Morgan fingerprint density at radius 1 is 1.31 bits per heavy atom. The Morgan fingerprint density at radius 2 is 2.06 bits per heavy atom. The van der Waals surface area contributed by atoms with E-state index in [1.165, 1.54) is 25.9 Å².